The Morgan fingerprint density at radius 3 is 1.87 bits per heavy atom. The molecular formula is C19H30O4. The lowest BCUT2D eigenvalue weighted by Crippen LogP contribution is -1.98. The maximum atomic E-state index is 10.9. The number of benzene rings is 1. The lowest BCUT2D eigenvalue weighted by molar-refractivity contribution is 0.0693. The molecule has 3 N–H and O–H groups in total. The van der Waals surface area contributed by atoms with Gasteiger partial charge in [0, 0.05) is 0 Å². The van der Waals surface area contributed by atoms with Gasteiger partial charge < -0.3 is 15.3 Å². The number of phenols is 2. The van der Waals surface area contributed by atoms with E-state index < -0.39 is 11.7 Å². The van der Waals surface area contributed by atoms with Crippen LogP contribution in [0, 0.1) is 0 Å². The summed E-state index contributed by atoms with van der Waals surface area (Å²) in [4.78, 5) is 10.9. The summed E-state index contributed by atoms with van der Waals surface area (Å²) in [6, 6.07) is 2.94. The van der Waals surface area contributed by atoms with Crippen molar-refractivity contribution >= 4 is 5.97 Å². The van der Waals surface area contributed by atoms with Crippen molar-refractivity contribution in [1.29, 1.82) is 0 Å². The van der Waals surface area contributed by atoms with E-state index >= 15 is 0 Å². The van der Waals surface area contributed by atoms with E-state index in [1.807, 2.05) is 0 Å². The molecule has 0 aliphatic carbocycles. The minimum atomic E-state index is -1.23. The van der Waals surface area contributed by atoms with Crippen LogP contribution in [-0.2, 0) is 6.42 Å². The molecule has 0 spiro atoms. The second kappa shape index (κ2) is 10.9. The van der Waals surface area contributed by atoms with Crippen molar-refractivity contribution in [3.05, 3.63) is 23.3 Å². The van der Waals surface area contributed by atoms with Crippen molar-refractivity contribution in [1.82, 2.24) is 0 Å². The largest absolute Gasteiger partial charge is 0.504 e. The van der Waals surface area contributed by atoms with E-state index in [0.29, 0.717) is 12.0 Å². The monoisotopic (exact) mass is 322 g/mol. The van der Waals surface area contributed by atoms with E-state index in [4.69, 9.17) is 5.11 Å². The standard InChI is InChI=1S/C19H30O4/c1-2-3-4-5-6-7-8-9-10-11-12-15-13-14-16(19(22)23)18(21)17(15)20/h13-14,20-21H,2-12H2,1H3,(H,22,23). The number of aryl methyl sites for hydroxylation is 1. The van der Waals surface area contributed by atoms with Gasteiger partial charge in [0.1, 0.15) is 5.56 Å². The Hall–Kier alpha value is -1.71. The molecule has 0 saturated carbocycles. The van der Waals surface area contributed by atoms with Crippen molar-refractivity contribution in [3.63, 3.8) is 0 Å². The molecule has 0 aliphatic heterocycles. The third-order valence-corrected chi connectivity index (χ3v) is 4.26. The van der Waals surface area contributed by atoms with Crippen molar-refractivity contribution in [2.24, 2.45) is 0 Å². The average Bonchev–Trinajstić information content (AvgIpc) is 2.52. The molecule has 0 fully saturated rings. The lowest BCUT2D eigenvalue weighted by atomic mass is 10.0. The molecule has 130 valence electrons. The van der Waals surface area contributed by atoms with Crippen molar-refractivity contribution in [2.75, 3.05) is 0 Å². The van der Waals surface area contributed by atoms with Crippen LogP contribution in [0.3, 0.4) is 0 Å². The Morgan fingerprint density at radius 2 is 1.35 bits per heavy atom. The van der Waals surface area contributed by atoms with E-state index in [9.17, 15) is 15.0 Å². The first-order chi connectivity index (χ1) is 11.1. The molecule has 4 nitrogen and oxygen atoms in total. The van der Waals surface area contributed by atoms with Gasteiger partial charge in [-0.15, -0.1) is 0 Å². The fourth-order valence-corrected chi connectivity index (χ4v) is 2.80. The number of phenolic OH excluding ortho intramolecular Hbond substituents is 1. The molecule has 4 heteroatoms. The highest BCUT2D eigenvalue weighted by atomic mass is 16.4. The van der Waals surface area contributed by atoms with Gasteiger partial charge in [-0.3, -0.25) is 0 Å². The number of rotatable bonds is 12. The van der Waals surface area contributed by atoms with Crippen LogP contribution < -0.4 is 0 Å². The highest BCUT2D eigenvalue weighted by Gasteiger charge is 2.16. The number of carboxylic acid groups (broad SMARTS) is 1. The van der Waals surface area contributed by atoms with Crippen LogP contribution in [0.4, 0.5) is 0 Å². The fourth-order valence-electron chi connectivity index (χ4n) is 2.80. The molecule has 1 aromatic rings. The fraction of sp³-hybridized carbons (Fsp3) is 0.632. The van der Waals surface area contributed by atoms with Crippen molar-refractivity contribution in [2.45, 2.75) is 77.6 Å². The topological polar surface area (TPSA) is 77.8 Å². The van der Waals surface area contributed by atoms with Crippen LogP contribution in [0.15, 0.2) is 12.1 Å². The van der Waals surface area contributed by atoms with E-state index in [1.54, 1.807) is 6.07 Å². The van der Waals surface area contributed by atoms with Crippen LogP contribution >= 0.6 is 0 Å². The zero-order valence-corrected chi connectivity index (χ0v) is 14.2. The third-order valence-electron chi connectivity index (χ3n) is 4.26. The van der Waals surface area contributed by atoms with E-state index in [2.05, 4.69) is 6.92 Å². The Balaban J connectivity index is 2.19. The van der Waals surface area contributed by atoms with Gasteiger partial charge in [-0.2, -0.15) is 0 Å². The lowest BCUT2D eigenvalue weighted by Gasteiger charge is -2.08. The summed E-state index contributed by atoms with van der Waals surface area (Å²) >= 11 is 0. The van der Waals surface area contributed by atoms with E-state index in [1.165, 1.54) is 57.4 Å². The van der Waals surface area contributed by atoms with Gasteiger partial charge in [0.05, 0.1) is 0 Å². The molecule has 1 aromatic carbocycles. The van der Waals surface area contributed by atoms with Crippen LogP contribution in [0.2, 0.25) is 0 Å². The Bertz CT molecular complexity index is 483. The van der Waals surface area contributed by atoms with Crippen LogP contribution in [0.25, 0.3) is 0 Å². The molecule has 0 saturated heterocycles. The van der Waals surface area contributed by atoms with Gasteiger partial charge in [0.15, 0.2) is 11.5 Å². The average molecular weight is 322 g/mol. The number of hydrogen-bond acceptors (Lipinski definition) is 3. The van der Waals surface area contributed by atoms with Crippen LogP contribution in [0.5, 0.6) is 11.5 Å². The van der Waals surface area contributed by atoms with Gasteiger partial charge in [-0.05, 0) is 24.5 Å². The summed E-state index contributed by atoms with van der Waals surface area (Å²) in [5, 5.41) is 28.4. The molecule has 0 amide bonds. The van der Waals surface area contributed by atoms with Gasteiger partial charge >= 0.3 is 5.97 Å². The predicted molar refractivity (Wildman–Crippen MR) is 92.3 cm³/mol. The van der Waals surface area contributed by atoms with E-state index in [-0.39, 0.29) is 11.3 Å². The maximum Gasteiger partial charge on any atom is 0.339 e. The molecule has 23 heavy (non-hydrogen) atoms. The van der Waals surface area contributed by atoms with Gasteiger partial charge in [0.2, 0.25) is 0 Å². The number of carbonyl (C=O) groups is 1. The second-order valence-corrected chi connectivity index (χ2v) is 6.21. The number of aromatic hydroxyl groups is 2. The minimum absolute atomic E-state index is 0.255. The summed E-state index contributed by atoms with van der Waals surface area (Å²) in [7, 11) is 0. The number of hydrogen-bond donors (Lipinski definition) is 3. The summed E-state index contributed by atoms with van der Waals surface area (Å²) in [6.07, 6.45) is 13.1. The summed E-state index contributed by atoms with van der Waals surface area (Å²) in [5.41, 5.74) is 0.362. The van der Waals surface area contributed by atoms with E-state index in [0.717, 1.165) is 12.8 Å². The summed E-state index contributed by atoms with van der Waals surface area (Å²) < 4.78 is 0. The van der Waals surface area contributed by atoms with Crippen molar-refractivity contribution in [3.8, 4) is 11.5 Å². The quantitative estimate of drug-likeness (QED) is 0.362. The number of carboxylic acids is 1. The van der Waals surface area contributed by atoms with Gasteiger partial charge in [0.25, 0.3) is 0 Å². The van der Waals surface area contributed by atoms with Gasteiger partial charge in [-0.1, -0.05) is 70.8 Å². The summed E-state index contributed by atoms with van der Waals surface area (Å²) in [5.74, 6) is -2.05. The first-order valence-electron chi connectivity index (χ1n) is 8.85. The molecule has 0 atom stereocenters. The highest BCUT2D eigenvalue weighted by molar-refractivity contribution is 5.92. The Morgan fingerprint density at radius 1 is 0.826 bits per heavy atom. The molecule has 0 radical (unpaired) electrons. The normalized spacial score (nSPS) is 10.8. The zero-order chi connectivity index (χ0) is 17.1. The highest BCUT2D eigenvalue weighted by Crippen LogP contribution is 2.33. The van der Waals surface area contributed by atoms with Crippen molar-refractivity contribution < 1.29 is 20.1 Å². The van der Waals surface area contributed by atoms with Crippen LogP contribution in [0.1, 0.15) is 87.1 Å². The molecule has 0 aliphatic rings. The second-order valence-electron chi connectivity index (χ2n) is 6.21. The molecule has 0 heterocycles. The Kier molecular flexibility index (Phi) is 9.18. The molecule has 0 unspecified atom stereocenters. The maximum absolute atomic E-state index is 10.9. The minimum Gasteiger partial charge on any atom is -0.504 e. The summed E-state index contributed by atoms with van der Waals surface area (Å²) in [6.45, 7) is 2.23. The SMILES string of the molecule is CCCCCCCCCCCCc1ccc(C(=O)O)c(O)c1O. The first kappa shape index (κ1) is 19.3. The zero-order valence-electron chi connectivity index (χ0n) is 14.2. The van der Waals surface area contributed by atoms with Gasteiger partial charge in [-0.25, -0.2) is 4.79 Å². The third kappa shape index (κ3) is 6.93. The first-order valence-corrected chi connectivity index (χ1v) is 8.85. The number of aromatic carboxylic acids is 1. The Labute approximate surface area is 139 Å². The molecule has 0 bridgehead atoms. The van der Waals surface area contributed by atoms with Crippen LogP contribution in [-0.4, -0.2) is 21.3 Å². The number of unbranched alkanes of at least 4 members (excludes halogenated alkanes) is 9. The smallest absolute Gasteiger partial charge is 0.339 e. The molecular weight excluding hydrogens is 292 g/mol. The molecule has 0 aromatic heterocycles. The predicted octanol–water partition coefficient (Wildman–Crippen LogP) is 5.26. The molecule has 1 rings (SSSR count).